The van der Waals surface area contributed by atoms with E-state index in [2.05, 4.69) is 10.6 Å². The molecule has 1 unspecified atom stereocenters. The van der Waals surface area contributed by atoms with Crippen molar-refractivity contribution in [2.75, 3.05) is 36.5 Å². The van der Waals surface area contributed by atoms with Gasteiger partial charge in [-0.15, -0.1) is 0 Å². The second-order valence-electron chi connectivity index (χ2n) is 7.61. The Balaban J connectivity index is 1.43. The normalized spacial score (nSPS) is 17.4. The van der Waals surface area contributed by atoms with Crippen molar-refractivity contribution in [2.45, 2.75) is 20.3 Å². The number of carbonyl (C=O) groups is 3. The molecule has 1 fully saturated rings. The fourth-order valence-corrected chi connectivity index (χ4v) is 3.78. The summed E-state index contributed by atoms with van der Waals surface area (Å²) in [5, 5.41) is 5.65. The molecule has 0 spiro atoms. The Morgan fingerprint density at radius 1 is 1.10 bits per heavy atom. The van der Waals surface area contributed by atoms with Crippen molar-refractivity contribution >= 4 is 29.1 Å². The zero-order valence-electron chi connectivity index (χ0n) is 17.6. The zero-order chi connectivity index (χ0) is 22.0. The topological polar surface area (TPSA) is 97.0 Å². The van der Waals surface area contributed by atoms with Crippen LogP contribution < -0.4 is 25.0 Å². The molecule has 1 saturated heterocycles. The van der Waals surface area contributed by atoms with Crippen molar-refractivity contribution in [3.8, 4) is 11.5 Å². The van der Waals surface area contributed by atoms with Crippen molar-refractivity contribution in [3.63, 3.8) is 0 Å². The molecule has 1 atom stereocenters. The fraction of sp³-hybridized carbons (Fsp3) is 0.348. The van der Waals surface area contributed by atoms with Crippen molar-refractivity contribution in [3.05, 3.63) is 47.5 Å². The van der Waals surface area contributed by atoms with Crippen LogP contribution in [0.15, 0.2) is 36.4 Å². The number of hydrogen-bond donors (Lipinski definition) is 2. The van der Waals surface area contributed by atoms with E-state index in [0.29, 0.717) is 54.7 Å². The lowest BCUT2D eigenvalue weighted by atomic mass is 10.1. The molecule has 2 N–H and O–H groups in total. The minimum atomic E-state index is -0.469. The monoisotopic (exact) mass is 423 g/mol. The van der Waals surface area contributed by atoms with Crippen molar-refractivity contribution < 1.29 is 23.9 Å². The molecule has 2 aliphatic rings. The first-order valence-corrected chi connectivity index (χ1v) is 10.4. The van der Waals surface area contributed by atoms with E-state index in [1.54, 1.807) is 41.3 Å². The predicted octanol–water partition coefficient (Wildman–Crippen LogP) is 2.51. The lowest BCUT2D eigenvalue weighted by molar-refractivity contribution is -0.122. The van der Waals surface area contributed by atoms with Gasteiger partial charge in [-0.2, -0.15) is 0 Å². The van der Waals surface area contributed by atoms with E-state index >= 15 is 0 Å². The van der Waals surface area contributed by atoms with Gasteiger partial charge >= 0.3 is 0 Å². The van der Waals surface area contributed by atoms with Crippen LogP contribution in [0.3, 0.4) is 0 Å². The van der Waals surface area contributed by atoms with Gasteiger partial charge in [-0.05, 0) is 49.7 Å². The van der Waals surface area contributed by atoms with E-state index in [-0.39, 0.29) is 24.1 Å². The minimum Gasteiger partial charge on any atom is -0.486 e. The Morgan fingerprint density at radius 2 is 1.87 bits per heavy atom. The summed E-state index contributed by atoms with van der Waals surface area (Å²) in [6.07, 6.45) is 0.135. The number of anilines is 2. The Bertz CT molecular complexity index is 1040. The third kappa shape index (κ3) is 4.33. The summed E-state index contributed by atoms with van der Waals surface area (Å²) in [5.41, 5.74) is 2.64. The summed E-state index contributed by atoms with van der Waals surface area (Å²) in [4.78, 5) is 39.0. The third-order valence-corrected chi connectivity index (χ3v) is 5.42. The van der Waals surface area contributed by atoms with Crippen LogP contribution in [0.25, 0.3) is 0 Å². The lowest BCUT2D eigenvalue weighted by Gasteiger charge is -2.22. The number of nitrogens with one attached hydrogen (secondary N) is 2. The van der Waals surface area contributed by atoms with Gasteiger partial charge < -0.3 is 25.0 Å². The van der Waals surface area contributed by atoms with Gasteiger partial charge in [-0.1, -0.05) is 0 Å². The smallest absolute Gasteiger partial charge is 0.251 e. The highest BCUT2D eigenvalue weighted by Gasteiger charge is 2.35. The predicted molar refractivity (Wildman–Crippen MR) is 116 cm³/mol. The summed E-state index contributed by atoms with van der Waals surface area (Å²) in [7, 11) is 0. The van der Waals surface area contributed by atoms with E-state index in [9.17, 15) is 14.4 Å². The van der Waals surface area contributed by atoms with Gasteiger partial charge in [-0.3, -0.25) is 14.4 Å². The van der Waals surface area contributed by atoms with Crippen molar-refractivity contribution in [1.82, 2.24) is 5.32 Å². The Labute approximate surface area is 180 Å². The summed E-state index contributed by atoms with van der Waals surface area (Å²) in [5.74, 6) is 0.306. The van der Waals surface area contributed by atoms with Gasteiger partial charge in [0.15, 0.2) is 11.5 Å². The second-order valence-corrected chi connectivity index (χ2v) is 7.61. The maximum atomic E-state index is 12.8. The van der Waals surface area contributed by atoms with Crippen LogP contribution in [-0.4, -0.2) is 44.0 Å². The van der Waals surface area contributed by atoms with E-state index in [0.717, 1.165) is 5.56 Å². The molecule has 3 amide bonds. The van der Waals surface area contributed by atoms with Crippen molar-refractivity contribution in [2.24, 2.45) is 5.92 Å². The van der Waals surface area contributed by atoms with Crippen LogP contribution in [0.2, 0.25) is 0 Å². The van der Waals surface area contributed by atoms with Gasteiger partial charge in [0.05, 0.1) is 5.92 Å². The molecule has 0 bridgehead atoms. The molecule has 8 nitrogen and oxygen atoms in total. The lowest BCUT2D eigenvalue weighted by Crippen LogP contribution is -2.28. The number of hydrogen-bond acceptors (Lipinski definition) is 5. The molecule has 8 heteroatoms. The minimum absolute atomic E-state index is 0.111. The number of benzene rings is 2. The van der Waals surface area contributed by atoms with Gasteiger partial charge in [-0.25, -0.2) is 0 Å². The molecule has 0 aliphatic carbocycles. The number of ether oxygens (including phenoxy) is 2. The first-order valence-electron chi connectivity index (χ1n) is 10.4. The van der Waals surface area contributed by atoms with Crippen LogP contribution >= 0.6 is 0 Å². The molecule has 0 aromatic heterocycles. The standard InChI is InChI=1S/C23H25N3O5/c1-3-24-22(28)15-4-6-18(14(2)10-15)25-23(29)16-11-21(27)26(13-16)17-5-7-19-20(12-17)31-9-8-30-19/h4-7,10,12,16H,3,8-9,11,13H2,1-2H3,(H,24,28)(H,25,29). The van der Waals surface area contributed by atoms with E-state index in [1.165, 1.54) is 0 Å². The zero-order valence-corrected chi connectivity index (χ0v) is 17.6. The molecule has 0 radical (unpaired) electrons. The average molecular weight is 423 g/mol. The van der Waals surface area contributed by atoms with E-state index in [1.807, 2.05) is 13.8 Å². The SMILES string of the molecule is CCNC(=O)c1ccc(NC(=O)C2CC(=O)N(c3ccc4c(c3)OCCO4)C2)c(C)c1. The number of nitrogens with zero attached hydrogens (tertiary/aromatic N) is 1. The molecule has 31 heavy (non-hydrogen) atoms. The summed E-state index contributed by atoms with van der Waals surface area (Å²) in [6.45, 7) is 5.50. The maximum absolute atomic E-state index is 12.8. The highest BCUT2D eigenvalue weighted by Crippen LogP contribution is 2.36. The van der Waals surface area contributed by atoms with E-state index in [4.69, 9.17) is 9.47 Å². The van der Waals surface area contributed by atoms with Gasteiger partial charge in [0, 0.05) is 42.5 Å². The quantitative estimate of drug-likeness (QED) is 0.770. The molecule has 4 rings (SSSR count). The van der Waals surface area contributed by atoms with Crippen LogP contribution in [0.1, 0.15) is 29.3 Å². The number of rotatable bonds is 5. The molecule has 2 aromatic carbocycles. The summed E-state index contributed by atoms with van der Waals surface area (Å²) < 4.78 is 11.1. The molecular weight excluding hydrogens is 398 g/mol. The number of carbonyl (C=O) groups excluding carboxylic acids is 3. The van der Waals surface area contributed by atoms with Crippen LogP contribution in [0.4, 0.5) is 11.4 Å². The molecule has 2 heterocycles. The molecule has 2 aliphatic heterocycles. The van der Waals surface area contributed by atoms with Crippen LogP contribution in [-0.2, 0) is 9.59 Å². The molecule has 2 aromatic rings. The highest BCUT2D eigenvalue weighted by molar-refractivity contribution is 6.04. The average Bonchev–Trinajstić information content (AvgIpc) is 3.16. The Morgan fingerprint density at radius 3 is 2.61 bits per heavy atom. The second kappa shape index (κ2) is 8.67. The number of fused-ring (bicyclic) bond motifs is 1. The molecular formula is C23H25N3O5. The van der Waals surface area contributed by atoms with Crippen molar-refractivity contribution in [1.29, 1.82) is 0 Å². The van der Waals surface area contributed by atoms with Gasteiger partial charge in [0.1, 0.15) is 13.2 Å². The highest BCUT2D eigenvalue weighted by atomic mass is 16.6. The molecule has 0 saturated carbocycles. The Hall–Kier alpha value is -3.55. The van der Waals surface area contributed by atoms with Gasteiger partial charge in [0.25, 0.3) is 5.91 Å². The summed E-state index contributed by atoms with van der Waals surface area (Å²) >= 11 is 0. The first kappa shape index (κ1) is 20.7. The van der Waals surface area contributed by atoms with Gasteiger partial charge in [0.2, 0.25) is 11.8 Å². The van der Waals surface area contributed by atoms with E-state index < -0.39 is 5.92 Å². The maximum Gasteiger partial charge on any atom is 0.251 e. The van der Waals surface area contributed by atoms with Crippen LogP contribution in [0.5, 0.6) is 11.5 Å². The molecule has 162 valence electrons. The summed E-state index contributed by atoms with van der Waals surface area (Å²) in [6, 6.07) is 10.5. The third-order valence-electron chi connectivity index (χ3n) is 5.42. The Kier molecular flexibility index (Phi) is 5.79. The fourth-order valence-electron chi connectivity index (χ4n) is 3.78. The number of aryl methyl sites for hydroxylation is 1. The van der Waals surface area contributed by atoms with Crippen LogP contribution in [0, 0.1) is 12.8 Å². The first-order chi connectivity index (χ1) is 15.0. The largest absolute Gasteiger partial charge is 0.486 e. The number of amides is 3.